The lowest BCUT2D eigenvalue weighted by molar-refractivity contribution is -0.142. The normalized spacial score (nSPS) is 19.4. The number of hydrogen-bond donors (Lipinski definition) is 1. The van der Waals surface area contributed by atoms with E-state index in [4.69, 9.17) is 5.11 Å². The minimum Gasteiger partial charge on any atom is -0.481 e. The van der Waals surface area contributed by atoms with Gasteiger partial charge in [-0.3, -0.25) is 4.79 Å². The molecule has 0 aliphatic carbocycles. The smallest absolute Gasteiger partial charge is 0.307 e. The molecular weight excluding hydrogens is 240 g/mol. The van der Waals surface area contributed by atoms with Crippen molar-refractivity contribution in [3.63, 3.8) is 0 Å². The molecule has 2 heterocycles. The second-order valence-electron chi connectivity index (χ2n) is 5.51. The summed E-state index contributed by atoms with van der Waals surface area (Å²) in [6.45, 7) is 7.14. The van der Waals surface area contributed by atoms with Crippen LogP contribution in [-0.4, -0.2) is 20.6 Å². The molecule has 1 atom stereocenters. The van der Waals surface area contributed by atoms with Gasteiger partial charge < -0.3 is 9.67 Å². The van der Waals surface area contributed by atoms with Crippen LogP contribution in [-0.2, 0) is 23.2 Å². The fourth-order valence-electron chi connectivity index (χ4n) is 2.00. The number of carboxylic acid groups (broad SMARTS) is 1. The van der Waals surface area contributed by atoms with E-state index in [1.807, 2.05) is 0 Å². The van der Waals surface area contributed by atoms with Gasteiger partial charge in [0.15, 0.2) is 0 Å². The number of carbonyl (C=O) groups is 1. The first-order chi connectivity index (χ1) is 7.38. The van der Waals surface area contributed by atoms with Crippen molar-refractivity contribution in [2.45, 2.75) is 45.6 Å². The van der Waals surface area contributed by atoms with E-state index in [-0.39, 0.29) is 23.7 Å². The molecule has 1 aromatic rings. The van der Waals surface area contributed by atoms with Crippen LogP contribution in [0.4, 0.5) is 0 Å². The number of rotatable bonds is 1. The summed E-state index contributed by atoms with van der Waals surface area (Å²) >= 11 is 0. The third-order valence-corrected chi connectivity index (χ3v) is 3.12. The van der Waals surface area contributed by atoms with E-state index in [1.165, 1.54) is 0 Å². The van der Waals surface area contributed by atoms with Crippen LogP contribution < -0.4 is 0 Å². The zero-order chi connectivity index (χ0) is 11.9. The Hall–Kier alpha value is -1.03. The van der Waals surface area contributed by atoms with Crippen LogP contribution in [0.25, 0.3) is 0 Å². The Labute approximate surface area is 107 Å². The fraction of sp³-hybridized carbons (Fsp3) is 0.667. The Balaban J connectivity index is 0.00000144. The minimum absolute atomic E-state index is 0. The molecule has 2 rings (SSSR count). The van der Waals surface area contributed by atoms with E-state index in [1.54, 1.807) is 0 Å². The van der Waals surface area contributed by atoms with Crippen molar-refractivity contribution in [1.29, 1.82) is 0 Å². The van der Waals surface area contributed by atoms with Crippen LogP contribution in [0.1, 0.15) is 38.7 Å². The second kappa shape index (κ2) is 4.69. The predicted octanol–water partition coefficient (Wildman–Crippen LogP) is 2.25. The zero-order valence-corrected chi connectivity index (χ0v) is 11.3. The molecule has 5 heteroatoms. The number of aromatic nitrogens is 2. The molecule has 0 radical (unpaired) electrons. The molecule has 0 bridgehead atoms. The molecule has 0 saturated heterocycles. The van der Waals surface area contributed by atoms with Crippen molar-refractivity contribution in [3.05, 3.63) is 17.7 Å². The fourth-order valence-corrected chi connectivity index (χ4v) is 2.00. The second-order valence-corrected chi connectivity index (χ2v) is 5.51. The third kappa shape index (κ3) is 2.80. The van der Waals surface area contributed by atoms with E-state index in [9.17, 15) is 4.79 Å². The number of halogens is 1. The van der Waals surface area contributed by atoms with Crippen LogP contribution in [0.2, 0.25) is 0 Å². The van der Waals surface area contributed by atoms with Crippen molar-refractivity contribution >= 4 is 18.4 Å². The van der Waals surface area contributed by atoms with Crippen molar-refractivity contribution in [3.8, 4) is 0 Å². The summed E-state index contributed by atoms with van der Waals surface area (Å²) in [4.78, 5) is 15.5. The first-order valence-electron chi connectivity index (χ1n) is 5.67. The summed E-state index contributed by atoms with van der Waals surface area (Å²) in [7, 11) is 0. The molecular formula is C12H19ClN2O2. The van der Waals surface area contributed by atoms with Crippen molar-refractivity contribution < 1.29 is 9.90 Å². The molecule has 1 aliphatic rings. The van der Waals surface area contributed by atoms with Crippen molar-refractivity contribution in [2.75, 3.05) is 0 Å². The van der Waals surface area contributed by atoms with Gasteiger partial charge in [0.05, 0.1) is 11.6 Å². The van der Waals surface area contributed by atoms with Gasteiger partial charge >= 0.3 is 5.97 Å². The number of fused-ring (bicyclic) bond motifs is 1. The molecule has 1 unspecified atom stereocenters. The molecule has 0 fully saturated rings. The molecule has 1 aliphatic heterocycles. The number of carboxylic acids is 1. The van der Waals surface area contributed by atoms with Gasteiger partial charge in [0, 0.05) is 24.6 Å². The Morgan fingerprint density at radius 2 is 2.18 bits per heavy atom. The summed E-state index contributed by atoms with van der Waals surface area (Å²) < 4.78 is 2.10. The van der Waals surface area contributed by atoms with E-state index >= 15 is 0 Å². The van der Waals surface area contributed by atoms with Crippen LogP contribution in [0.15, 0.2) is 6.20 Å². The van der Waals surface area contributed by atoms with Gasteiger partial charge in [0.1, 0.15) is 5.82 Å². The maximum Gasteiger partial charge on any atom is 0.307 e. The quantitative estimate of drug-likeness (QED) is 0.841. The molecule has 0 amide bonds. The molecule has 0 saturated carbocycles. The van der Waals surface area contributed by atoms with E-state index in [0.29, 0.717) is 12.8 Å². The Morgan fingerprint density at radius 3 is 2.71 bits per heavy atom. The number of nitrogens with zero attached hydrogens (tertiary/aromatic N) is 2. The molecule has 0 spiro atoms. The lowest BCUT2D eigenvalue weighted by Gasteiger charge is -2.19. The summed E-state index contributed by atoms with van der Waals surface area (Å²) in [6.07, 6.45) is 3.33. The first kappa shape index (κ1) is 14.0. The van der Waals surface area contributed by atoms with Gasteiger partial charge in [-0.1, -0.05) is 20.8 Å². The van der Waals surface area contributed by atoms with Gasteiger partial charge in [-0.05, 0) is 6.42 Å². The standard InChI is InChI=1S/C12H18N2O2.ClH/c1-12(2,3)9-7-14-5-4-8(11(15)16)6-10(14)13-9;/h7-8H,4-6H2,1-3H3,(H,15,16);1H. The van der Waals surface area contributed by atoms with Gasteiger partial charge in [0.25, 0.3) is 0 Å². The lowest BCUT2D eigenvalue weighted by atomic mass is 9.93. The Morgan fingerprint density at radius 1 is 1.53 bits per heavy atom. The zero-order valence-electron chi connectivity index (χ0n) is 10.4. The van der Waals surface area contributed by atoms with Crippen molar-refractivity contribution in [2.24, 2.45) is 5.92 Å². The van der Waals surface area contributed by atoms with Gasteiger partial charge in [-0.25, -0.2) is 4.98 Å². The lowest BCUT2D eigenvalue weighted by Crippen LogP contribution is -2.25. The van der Waals surface area contributed by atoms with E-state index in [0.717, 1.165) is 18.1 Å². The summed E-state index contributed by atoms with van der Waals surface area (Å²) in [6, 6.07) is 0. The average molecular weight is 259 g/mol. The predicted molar refractivity (Wildman–Crippen MR) is 67.6 cm³/mol. The molecule has 4 nitrogen and oxygen atoms in total. The summed E-state index contributed by atoms with van der Waals surface area (Å²) in [5, 5.41) is 8.99. The monoisotopic (exact) mass is 258 g/mol. The highest BCUT2D eigenvalue weighted by Crippen LogP contribution is 2.26. The molecule has 1 N–H and O–H groups in total. The minimum atomic E-state index is -0.702. The van der Waals surface area contributed by atoms with Gasteiger partial charge in [-0.2, -0.15) is 0 Å². The van der Waals surface area contributed by atoms with E-state index < -0.39 is 5.97 Å². The Bertz CT molecular complexity index is 421. The SMILES string of the molecule is CC(C)(C)c1cn2c(n1)CC(C(=O)O)CC2.Cl. The van der Waals surface area contributed by atoms with Crippen LogP contribution >= 0.6 is 12.4 Å². The maximum absolute atomic E-state index is 10.9. The highest BCUT2D eigenvalue weighted by molar-refractivity contribution is 5.85. The highest BCUT2D eigenvalue weighted by atomic mass is 35.5. The first-order valence-corrected chi connectivity index (χ1v) is 5.67. The summed E-state index contributed by atoms with van der Waals surface area (Å²) in [5.41, 5.74) is 1.08. The number of aliphatic carboxylic acids is 1. The summed E-state index contributed by atoms with van der Waals surface area (Å²) in [5.74, 6) is -0.0437. The van der Waals surface area contributed by atoms with E-state index in [2.05, 4.69) is 36.5 Å². The number of hydrogen-bond acceptors (Lipinski definition) is 2. The molecule has 0 aromatic carbocycles. The molecule has 96 valence electrons. The van der Waals surface area contributed by atoms with Crippen molar-refractivity contribution in [1.82, 2.24) is 9.55 Å². The van der Waals surface area contributed by atoms with Crippen LogP contribution in [0.3, 0.4) is 0 Å². The van der Waals surface area contributed by atoms with Gasteiger partial charge in [-0.15, -0.1) is 12.4 Å². The molecule has 17 heavy (non-hydrogen) atoms. The Kier molecular flexibility index (Phi) is 3.87. The van der Waals surface area contributed by atoms with Crippen LogP contribution in [0.5, 0.6) is 0 Å². The highest BCUT2D eigenvalue weighted by Gasteiger charge is 2.27. The number of imidazole rings is 1. The van der Waals surface area contributed by atoms with Gasteiger partial charge in [0.2, 0.25) is 0 Å². The third-order valence-electron chi connectivity index (χ3n) is 3.12. The average Bonchev–Trinajstić information content (AvgIpc) is 2.58. The maximum atomic E-state index is 10.9. The topological polar surface area (TPSA) is 55.1 Å². The largest absolute Gasteiger partial charge is 0.481 e. The molecule has 1 aromatic heterocycles. The number of aryl methyl sites for hydroxylation is 1. The van der Waals surface area contributed by atoms with Crippen LogP contribution in [0, 0.1) is 5.92 Å².